The Morgan fingerprint density at radius 1 is 0.929 bits per heavy atom. The zero-order valence-corrected chi connectivity index (χ0v) is 24.4. The van der Waals surface area contributed by atoms with Crippen LogP contribution in [-0.2, 0) is 16.0 Å². The molecular weight excluding hydrogens is 672 g/mol. The summed E-state index contributed by atoms with van der Waals surface area (Å²) in [4.78, 5) is 12.8. The zero-order valence-electron chi connectivity index (χ0n) is 21.4. The van der Waals surface area contributed by atoms with E-state index in [2.05, 4.69) is 0 Å². The third kappa shape index (κ3) is 10.2. The van der Waals surface area contributed by atoms with Crippen molar-refractivity contribution in [2.45, 2.75) is 44.3 Å². The van der Waals surface area contributed by atoms with Crippen LogP contribution in [0.1, 0.15) is 46.8 Å². The minimum absolute atomic E-state index is 0.201. The normalized spacial score (nSPS) is 14.8. The molecule has 0 aliphatic heterocycles. The number of carbonyl (C=O) groups excluding carboxylic acids is 1. The molecule has 0 aromatic heterocycles. The molecule has 234 valence electrons. The van der Waals surface area contributed by atoms with Gasteiger partial charge >= 0.3 is 18.5 Å². The van der Waals surface area contributed by atoms with Crippen molar-refractivity contribution in [2.24, 2.45) is 5.92 Å². The first kappa shape index (κ1) is 36.0. The summed E-state index contributed by atoms with van der Waals surface area (Å²) in [5.74, 6) is -8.01. The van der Waals surface area contributed by atoms with E-state index in [1.165, 1.54) is 13.8 Å². The van der Waals surface area contributed by atoms with Gasteiger partial charge in [-0.3, -0.25) is 4.79 Å². The van der Waals surface area contributed by atoms with Crippen LogP contribution in [0, 0.1) is 5.92 Å². The van der Waals surface area contributed by atoms with Crippen molar-refractivity contribution in [3.05, 3.63) is 73.7 Å². The quantitative estimate of drug-likeness (QED) is 0.211. The van der Waals surface area contributed by atoms with E-state index < -0.39 is 85.9 Å². The molecular formula is C25H21Cl3F9NO3S. The van der Waals surface area contributed by atoms with Crippen LogP contribution in [0.2, 0.25) is 15.1 Å². The van der Waals surface area contributed by atoms with Crippen LogP contribution in [-0.4, -0.2) is 44.2 Å². The fourth-order valence-corrected chi connectivity index (χ4v) is 5.94. The van der Waals surface area contributed by atoms with Gasteiger partial charge in [-0.1, -0.05) is 66.9 Å². The first-order valence-corrected chi connectivity index (χ1v) is 14.6. The predicted molar refractivity (Wildman–Crippen MR) is 142 cm³/mol. The fraction of sp³-hybridized carbons (Fsp3) is 0.400. The molecule has 2 atom stereocenters. The topological polar surface area (TPSA) is 63.2 Å². The number of allylic oxidation sites excluding steroid dienone is 1. The molecule has 4 nitrogen and oxygen atoms in total. The molecule has 0 saturated heterocycles. The predicted octanol–water partition coefficient (Wildman–Crippen LogP) is 8.76. The van der Waals surface area contributed by atoms with Gasteiger partial charge in [0.15, 0.2) is 9.84 Å². The van der Waals surface area contributed by atoms with Crippen molar-refractivity contribution in [3.63, 3.8) is 0 Å². The van der Waals surface area contributed by atoms with Gasteiger partial charge in [-0.2, -0.15) is 39.5 Å². The second-order valence-corrected chi connectivity index (χ2v) is 12.8. The molecule has 0 saturated carbocycles. The van der Waals surface area contributed by atoms with Crippen molar-refractivity contribution in [1.29, 1.82) is 0 Å². The second-order valence-electron chi connectivity index (χ2n) is 9.47. The molecule has 0 heterocycles. The van der Waals surface area contributed by atoms with Gasteiger partial charge in [-0.25, -0.2) is 8.42 Å². The first-order chi connectivity index (χ1) is 18.9. The molecule has 2 rings (SSSR count). The highest BCUT2D eigenvalue weighted by molar-refractivity contribution is 7.91. The summed E-state index contributed by atoms with van der Waals surface area (Å²) in [6.07, 6.45) is -13.9. The standard InChI is InChI=1S/C25H21Cl3F9NO3S/c1-12(2)20(10-42(40,41)11-23(29,30)31)38-22(39)15-5-3-13(7-17(15)25(35,36)37)4-6-16(24(32,33)34)14-8-18(26)21(28)19(27)9-14/h3-9,12,16,20H,10-11H2,1-2H3,(H,38,39)/b6-4+/t16?,20-/m0/s1. The third-order valence-corrected chi connectivity index (χ3v) is 8.56. The van der Waals surface area contributed by atoms with Crippen LogP contribution >= 0.6 is 34.8 Å². The summed E-state index contributed by atoms with van der Waals surface area (Å²) in [7, 11) is -4.80. The molecule has 0 spiro atoms. The SMILES string of the molecule is CC(C)[C@H](CS(=O)(=O)CC(F)(F)F)NC(=O)c1ccc(/C=C/C(c2cc(Cl)c(Cl)c(Cl)c2)C(F)(F)F)cc1C(F)(F)F. The largest absolute Gasteiger partial charge is 0.417 e. The van der Waals surface area contributed by atoms with E-state index in [9.17, 15) is 52.7 Å². The van der Waals surface area contributed by atoms with Crippen LogP contribution in [0.4, 0.5) is 39.5 Å². The van der Waals surface area contributed by atoms with E-state index in [4.69, 9.17) is 34.8 Å². The maximum Gasteiger partial charge on any atom is 0.417 e. The Balaban J connectivity index is 2.45. The van der Waals surface area contributed by atoms with Crippen LogP contribution in [0.15, 0.2) is 36.4 Å². The second kappa shape index (κ2) is 13.2. The number of amides is 1. The van der Waals surface area contributed by atoms with Crippen LogP contribution < -0.4 is 5.32 Å². The molecule has 0 aliphatic rings. The monoisotopic (exact) mass is 691 g/mol. The number of halogens is 12. The number of nitrogens with one attached hydrogen (secondary N) is 1. The highest BCUT2D eigenvalue weighted by atomic mass is 35.5. The Hall–Kier alpha value is -2.16. The average molecular weight is 693 g/mol. The van der Waals surface area contributed by atoms with Crippen LogP contribution in [0.5, 0.6) is 0 Å². The summed E-state index contributed by atoms with van der Waals surface area (Å²) in [6.45, 7) is 2.68. The lowest BCUT2D eigenvalue weighted by Crippen LogP contribution is -2.45. The van der Waals surface area contributed by atoms with Gasteiger partial charge in [0.05, 0.1) is 37.9 Å². The summed E-state index contributed by atoms with van der Waals surface area (Å²) < 4.78 is 145. The van der Waals surface area contributed by atoms with E-state index in [0.29, 0.717) is 18.2 Å². The molecule has 0 bridgehead atoms. The van der Waals surface area contributed by atoms with E-state index in [1.54, 1.807) is 0 Å². The minimum atomic E-state index is -5.20. The Labute approximate surface area is 249 Å². The Kier molecular flexibility index (Phi) is 11.3. The minimum Gasteiger partial charge on any atom is -0.348 e. The van der Waals surface area contributed by atoms with Crippen molar-refractivity contribution in [1.82, 2.24) is 5.32 Å². The number of rotatable bonds is 9. The molecule has 0 fully saturated rings. The van der Waals surface area contributed by atoms with E-state index in [0.717, 1.165) is 24.3 Å². The number of sulfone groups is 1. The molecule has 2 aromatic carbocycles. The van der Waals surface area contributed by atoms with Crippen molar-refractivity contribution < 1.29 is 52.7 Å². The Morgan fingerprint density at radius 2 is 1.48 bits per heavy atom. The van der Waals surface area contributed by atoms with Gasteiger partial charge in [-0.15, -0.1) is 0 Å². The molecule has 42 heavy (non-hydrogen) atoms. The highest BCUT2D eigenvalue weighted by Crippen LogP contribution is 2.41. The van der Waals surface area contributed by atoms with Crippen molar-refractivity contribution in [2.75, 3.05) is 11.5 Å². The van der Waals surface area contributed by atoms with Crippen molar-refractivity contribution in [3.8, 4) is 0 Å². The van der Waals surface area contributed by atoms with Gasteiger partial charge < -0.3 is 5.32 Å². The molecule has 1 N–H and O–H groups in total. The molecule has 1 amide bonds. The van der Waals surface area contributed by atoms with Gasteiger partial charge in [0.25, 0.3) is 5.91 Å². The maximum atomic E-state index is 13.9. The Morgan fingerprint density at radius 3 is 1.93 bits per heavy atom. The smallest absolute Gasteiger partial charge is 0.348 e. The summed E-state index contributed by atoms with van der Waals surface area (Å²) in [5, 5.41) is 1.25. The molecule has 0 aliphatic carbocycles. The van der Waals surface area contributed by atoms with Gasteiger partial charge in [0, 0.05) is 6.04 Å². The van der Waals surface area contributed by atoms with E-state index >= 15 is 0 Å². The molecule has 1 unspecified atom stereocenters. The van der Waals surface area contributed by atoms with E-state index in [1.807, 2.05) is 5.32 Å². The summed E-state index contributed by atoms with van der Waals surface area (Å²) >= 11 is 17.4. The van der Waals surface area contributed by atoms with Gasteiger partial charge in [0.2, 0.25) is 0 Å². The van der Waals surface area contributed by atoms with Gasteiger partial charge in [0.1, 0.15) is 5.75 Å². The Bertz CT molecular complexity index is 1410. The third-order valence-electron chi connectivity index (χ3n) is 5.73. The molecule has 2 aromatic rings. The van der Waals surface area contributed by atoms with Crippen LogP contribution in [0.25, 0.3) is 6.08 Å². The van der Waals surface area contributed by atoms with E-state index in [-0.39, 0.29) is 15.1 Å². The number of benzene rings is 2. The summed E-state index contributed by atoms with van der Waals surface area (Å²) in [6, 6.07) is 2.25. The lowest BCUT2D eigenvalue weighted by atomic mass is 9.96. The first-order valence-electron chi connectivity index (χ1n) is 11.6. The lowest BCUT2D eigenvalue weighted by Gasteiger charge is -2.24. The number of hydrogen-bond acceptors (Lipinski definition) is 3. The van der Waals surface area contributed by atoms with Crippen LogP contribution in [0.3, 0.4) is 0 Å². The molecule has 17 heteroatoms. The fourth-order valence-electron chi connectivity index (χ4n) is 3.70. The lowest BCUT2D eigenvalue weighted by molar-refractivity contribution is -0.139. The highest BCUT2D eigenvalue weighted by Gasteiger charge is 2.40. The number of hydrogen-bond donors (Lipinski definition) is 1. The number of carbonyl (C=O) groups is 1. The zero-order chi connectivity index (χ0) is 32.4. The number of alkyl halides is 9. The summed E-state index contributed by atoms with van der Waals surface area (Å²) in [5.41, 5.74) is -3.45. The average Bonchev–Trinajstić information content (AvgIpc) is 2.78. The van der Waals surface area contributed by atoms with Gasteiger partial charge in [-0.05, 0) is 41.3 Å². The van der Waals surface area contributed by atoms with Crippen molar-refractivity contribution >= 4 is 56.6 Å². The molecule has 0 radical (unpaired) electrons. The maximum absolute atomic E-state index is 13.9.